The maximum atomic E-state index is 5.81. The van der Waals surface area contributed by atoms with E-state index in [9.17, 15) is 0 Å². The van der Waals surface area contributed by atoms with Crippen molar-refractivity contribution in [3.8, 4) is 11.5 Å². The molecule has 0 bridgehead atoms. The van der Waals surface area contributed by atoms with Gasteiger partial charge in [-0.15, -0.1) is 12.4 Å². The SMILES string of the molecule is CCCCN1CCN(c2cc3c(cc2C2(C)CCC(C)(C)CC2C)OCO3)CC1.Cl. The van der Waals surface area contributed by atoms with Gasteiger partial charge in [0, 0.05) is 37.9 Å². The fourth-order valence-corrected chi connectivity index (χ4v) is 5.65. The van der Waals surface area contributed by atoms with Crippen LogP contribution in [0, 0.1) is 11.3 Å². The summed E-state index contributed by atoms with van der Waals surface area (Å²) in [5.41, 5.74) is 3.50. The number of halogens is 1. The molecule has 0 aromatic heterocycles. The molecule has 170 valence electrons. The highest BCUT2D eigenvalue weighted by atomic mass is 35.5. The van der Waals surface area contributed by atoms with Gasteiger partial charge in [0.1, 0.15) is 0 Å². The molecule has 2 unspecified atom stereocenters. The molecule has 30 heavy (non-hydrogen) atoms. The van der Waals surface area contributed by atoms with Gasteiger partial charge in [-0.1, -0.05) is 41.0 Å². The van der Waals surface area contributed by atoms with Crippen molar-refractivity contribution in [2.75, 3.05) is 44.4 Å². The molecule has 2 atom stereocenters. The van der Waals surface area contributed by atoms with E-state index in [-0.39, 0.29) is 17.8 Å². The highest BCUT2D eigenvalue weighted by Gasteiger charge is 2.44. The first-order valence-electron chi connectivity index (χ1n) is 11.7. The first-order chi connectivity index (χ1) is 13.8. The zero-order valence-corrected chi connectivity index (χ0v) is 20.4. The van der Waals surface area contributed by atoms with E-state index in [1.165, 1.54) is 49.9 Å². The molecule has 4 rings (SSSR count). The second-order valence-corrected chi connectivity index (χ2v) is 10.6. The van der Waals surface area contributed by atoms with E-state index in [0.717, 1.165) is 37.7 Å². The van der Waals surface area contributed by atoms with Crippen LogP contribution < -0.4 is 14.4 Å². The molecule has 2 fully saturated rings. The quantitative estimate of drug-likeness (QED) is 0.576. The van der Waals surface area contributed by atoms with Crippen LogP contribution in [-0.2, 0) is 5.41 Å². The summed E-state index contributed by atoms with van der Waals surface area (Å²) in [6, 6.07) is 4.59. The van der Waals surface area contributed by atoms with E-state index in [0.29, 0.717) is 18.1 Å². The van der Waals surface area contributed by atoms with Gasteiger partial charge in [-0.25, -0.2) is 0 Å². The topological polar surface area (TPSA) is 24.9 Å². The number of anilines is 1. The zero-order valence-electron chi connectivity index (χ0n) is 19.6. The van der Waals surface area contributed by atoms with Crippen molar-refractivity contribution in [3.63, 3.8) is 0 Å². The summed E-state index contributed by atoms with van der Waals surface area (Å²) in [6.45, 7) is 18.2. The fraction of sp³-hybridized carbons (Fsp3) is 0.760. The van der Waals surface area contributed by atoms with Crippen LogP contribution in [0.1, 0.15) is 72.3 Å². The Kier molecular flexibility index (Phi) is 7.18. The highest BCUT2D eigenvalue weighted by Crippen LogP contribution is 2.54. The van der Waals surface area contributed by atoms with Crippen LogP contribution in [0.4, 0.5) is 5.69 Å². The van der Waals surface area contributed by atoms with Crippen molar-refractivity contribution < 1.29 is 9.47 Å². The van der Waals surface area contributed by atoms with Crippen LogP contribution in [0.5, 0.6) is 11.5 Å². The summed E-state index contributed by atoms with van der Waals surface area (Å²) in [4.78, 5) is 5.23. The van der Waals surface area contributed by atoms with Crippen LogP contribution in [0.2, 0.25) is 0 Å². The average Bonchev–Trinajstić information content (AvgIpc) is 3.16. The molecule has 2 heterocycles. The Balaban J connectivity index is 0.00000256. The summed E-state index contributed by atoms with van der Waals surface area (Å²) < 4.78 is 11.6. The lowest BCUT2D eigenvalue weighted by molar-refractivity contribution is 0.109. The van der Waals surface area contributed by atoms with Gasteiger partial charge >= 0.3 is 0 Å². The minimum atomic E-state index is 0. The number of benzene rings is 1. The number of unbranched alkanes of at least 4 members (excludes halogenated alkanes) is 1. The molecule has 1 aromatic rings. The first kappa shape index (κ1) is 23.5. The summed E-state index contributed by atoms with van der Waals surface area (Å²) >= 11 is 0. The standard InChI is InChI=1S/C25H40N2O2.ClH/c1-6-7-10-26-11-13-27(14-12-26)21-16-23-22(28-18-29-23)15-20(21)25(5)9-8-24(3,4)17-19(25)2;/h15-16,19H,6-14,17-18H2,1-5H3;1H. The highest BCUT2D eigenvalue weighted by molar-refractivity contribution is 5.85. The number of piperazine rings is 1. The number of rotatable bonds is 5. The number of hydrogen-bond acceptors (Lipinski definition) is 4. The first-order valence-corrected chi connectivity index (χ1v) is 11.7. The Bertz CT molecular complexity index is 730. The summed E-state index contributed by atoms with van der Waals surface area (Å²) in [5.74, 6) is 2.50. The Hall–Kier alpha value is -1.13. The normalized spacial score (nSPS) is 28.3. The molecule has 0 spiro atoms. The lowest BCUT2D eigenvalue weighted by Crippen LogP contribution is -2.48. The van der Waals surface area contributed by atoms with E-state index in [1.54, 1.807) is 0 Å². The third kappa shape index (κ3) is 4.55. The smallest absolute Gasteiger partial charge is 0.231 e. The molecule has 3 aliphatic rings. The van der Waals surface area contributed by atoms with Gasteiger partial charge in [0.2, 0.25) is 6.79 Å². The Morgan fingerprint density at radius 2 is 1.67 bits per heavy atom. The minimum absolute atomic E-state index is 0. The van der Waals surface area contributed by atoms with E-state index >= 15 is 0 Å². The van der Waals surface area contributed by atoms with Crippen molar-refractivity contribution >= 4 is 18.1 Å². The van der Waals surface area contributed by atoms with Crippen LogP contribution in [0.3, 0.4) is 0 Å². The van der Waals surface area contributed by atoms with E-state index in [4.69, 9.17) is 9.47 Å². The van der Waals surface area contributed by atoms with Crippen molar-refractivity contribution in [1.29, 1.82) is 0 Å². The maximum Gasteiger partial charge on any atom is 0.231 e. The molecular weight excluding hydrogens is 396 g/mol. The van der Waals surface area contributed by atoms with Crippen molar-refractivity contribution in [3.05, 3.63) is 17.7 Å². The molecule has 0 radical (unpaired) electrons. The molecule has 4 nitrogen and oxygen atoms in total. The van der Waals surface area contributed by atoms with Crippen LogP contribution in [-0.4, -0.2) is 44.4 Å². The molecule has 5 heteroatoms. The predicted molar refractivity (Wildman–Crippen MR) is 128 cm³/mol. The second kappa shape index (κ2) is 9.16. The molecule has 1 aromatic carbocycles. The molecule has 2 aliphatic heterocycles. The van der Waals surface area contributed by atoms with Gasteiger partial charge in [-0.05, 0) is 60.6 Å². The Morgan fingerprint density at radius 1 is 1.00 bits per heavy atom. The number of hydrogen-bond donors (Lipinski definition) is 0. The van der Waals surface area contributed by atoms with Crippen molar-refractivity contribution in [2.45, 2.75) is 72.1 Å². The second-order valence-electron chi connectivity index (χ2n) is 10.6. The molecule has 1 saturated carbocycles. The van der Waals surface area contributed by atoms with Crippen molar-refractivity contribution in [2.24, 2.45) is 11.3 Å². The third-order valence-corrected chi connectivity index (χ3v) is 7.91. The van der Waals surface area contributed by atoms with E-state index in [1.807, 2.05) is 0 Å². The summed E-state index contributed by atoms with van der Waals surface area (Å²) in [7, 11) is 0. The average molecular weight is 437 g/mol. The monoisotopic (exact) mass is 436 g/mol. The molecule has 1 aliphatic carbocycles. The lowest BCUT2D eigenvalue weighted by atomic mass is 9.57. The van der Waals surface area contributed by atoms with Crippen LogP contribution >= 0.6 is 12.4 Å². The number of nitrogens with zero attached hydrogens (tertiary/aromatic N) is 2. The fourth-order valence-electron chi connectivity index (χ4n) is 5.65. The number of fused-ring (bicyclic) bond motifs is 1. The predicted octanol–water partition coefficient (Wildman–Crippen LogP) is 5.86. The van der Waals surface area contributed by atoms with Gasteiger partial charge in [0.25, 0.3) is 0 Å². The van der Waals surface area contributed by atoms with Crippen LogP contribution in [0.25, 0.3) is 0 Å². The largest absolute Gasteiger partial charge is 0.454 e. The van der Waals surface area contributed by atoms with E-state index < -0.39 is 0 Å². The van der Waals surface area contributed by atoms with Gasteiger partial charge in [0.05, 0.1) is 0 Å². The maximum absolute atomic E-state index is 5.81. The minimum Gasteiger partial charge on any atom is -0.454 e. The van der Waals surface area contributed by atoms with Crippen LogP contribution in [0.15, 0.2) is 12.1 Å². The van der Waals surface area contributed by atoms with Crippen molar-refractivity contribution in [1.82, 2.24) is 4.90 Å². The van der Waals surface area contributed by atoms with Gasteiger partial charge in [0.15, 0.2) is 11.5 Å². The Morgan fingerprint density at radius 3 is 2.30 bits per heavy atom. The molecule has 1 saturated heterocycles. The Labute approximate surface area is 189 Å². The summed E-state index contributed by atoms with van der Waals surface area (Å²) in [5, 5.41) is 0. The zero-order chi connectivity index (χ0) is 20.6. The van der Waals surface area contributed by atoms with Gasteiger partial charge in [-0.2, -0.15) is 0 Å². The molecular formula is C25H41ClN2O2. The molecule has 0 N–H and O–H groups in total. The molecule has 0 amide bonds. The van der Waals surface area contributed by atoms with Gasteiger partial charge in [-0.3, -0.25) is 4.90 Å². The third-order valence-electron chi connectivity index (χ3n) is 7.91. The summed E-state index contributed by atoms with van der Waals surface area (Å²) in [6.07, 6.45) is 6.39. The van der Waals surface area contributed by atoms with E-state index in [2.05, 4.69) is 56.6 Å². The van der Waals surface area contributed by atoms with Gasteiger partial charge < -0.3 is 14.4 Å². The number of ether oxygens (including phenoxy) is 2. The lowest BCUT2D eigenvalue weighted by Gasteiger charge is -2.48.